The van der Waals surface area contributed by atoms with Crippen LogP contribution in [0.5, 0.6) is 0 Å². The molecule has 2 unspecified atom stereocenters. The van der Waals surface area contributed by atoms with Crippen LogP contribution in [0.4, 0.5) is 0 Å². The molecule has 0 rings (SSSR count). The van der Waals surface area contributed by atoms with Gasteiger partial charge < -0.3 is 28.0 Å². The molecular weight excluding hydrogens is 1080 g/mol. The van der Waals surface area contributed by atoms with Gasteiger partial charge in [0.1, 0.15) is 15.2 Å². The predicted molar refractivity (Wildman–Crippen MR) is 355 cm³/mol. The molecule has 0 aromatic rings. The summed E-state index contributed by atoms with van der Waals surface area (Å²) < 4.78 is 34.8. The predicted octanol–water partition coefficient (Wildman–Crippen LogP) is 25.3. The third-order valence-corrected chi connectivity index (χ3v) is 18.7. The summed E-state index contributed by atoms with van der Waals surface area (Å²) in [6, 6.07) is 0. The summed E-state index contributed by atoms with van der Waals surface area (Å²) in [5, 5.41) is 0. The van der Waals surface area contributed by atoms with Gasteiger partial charge in [-0.25, -0.2) is 0 Å². The number of hydrogen-bond donors (Lipinski definition) is 0. The van der Waals surface area contributed by atoms with E-state index < -0.39 is 15.2 Å². The number of rotatable bonds is 66. The molecule has 9 heteroatoms. The average molecular weight is 1220 g/mol. The van der Waals surface area contributed by atoms with E-state index in [0.717, 1.165) is 64.2 Å². The molecule has 0 aliphatic rings. The van der Waals surface area contributed by atoms with Crippen LogP contribution in [0.25, 0.3) is 0 Å². The molecule has 2 atom stereocenters. The zero-order chi connectivity index (χ0) is 58.5. The van der Waals surface area contributed by atoms with E-state index in [1.807, 2.05) is 0 Å². The molecule has 0 radical (unpaired) electrons. The molecular formula is C72H140NiO6P2. The third-order valence-electron chi connectivity index (χ3n) is 15.8. The molecule has 0 aliphatic carbocycles. The van der Waals surface area contributed by atoms with E-state index in [1.54, 1.807) is 0 Å². The van der Waals surface area contributed by atoms with Crippen LogP contribution < -0.4 is 9.79 Å². The van der Waals surface area contributed by atoms with Gasteiger partial charge in [-0.3, -0.25) is 0 Å². The molecule has 81 heavy (non-hydrogen) atoms. The van der Waals surface area contributed by atoms with E-state index in [2.05, 4.69) is 76.3 Å². The molecule has 0 N–H and O–H groups in total. The quantitative estimate of drug-likeness (QED) is 0.0260. The van der Waals surface area contributed by atoms with Crippen LogP contribution in [0, 0.1) is 0 Å². The molecule has 0 saturated heterocycles. The van der Waals surface area contributed by atoms with Crippen molar-refractivity contribution in [2.75, 3.05) is 25.5 Å². The summed E-state index contributed by atoms with van der Waals surface area (Å²) in [6.07, 6.45) is 89.0. The zero-order valence-corrected chi connectivity index (χ0v) is 57.5. The van der Waals surface area contributed by atoms with E-state index in [1.165, 1.54) is 295 Å². The van der Waals surface area contributed by atoms with Crippen molar-refractivity contribution in [3.63, 3.8) is 0 Å². The van der Waals surface area contributed by atoms with E-state index in [0.29, 0.717) is 13.2 Å². The Kier molecular flexibility index (Phi) is 77.6. The first-order chi connectivity index (χ1) is 39.2. The van der Waals surface area contributed by atoms with Gasteiger partial charge in [-0.1, -0.05) is 307 Å². The SMILES string of the molecule is CCCCCCCCC=CCCCCCCCCOP(=O)([O-])CCCCCCCCC=CCCCCCCCC.CCCCCCCCC=CCCCCCCCCOP(=O)([O-])CCCCCCCCC=CCCCCCCCC.[Ni+2]. The fourth-order valence-electron chi connectivity index (χ4n) is 10.3. The van der Waals surface area contributed by atoms with Crippen molar-refractivity contribution in [3.8, 4) is 0 Å². The zero-order valence-electron chi connectivity index (χ0n) is 54.7. The maximum Gasteiger partial charge on any atom is 2.00 e. The van der Waals surface area contributed by atoms with Gasteiger partial charge in [0.15, 0.2) is 0 Å². The van der Waals surface area contributed by atoms with Crippen molar-refractivity contribution < 1.29 is 44.5 Å². The Labute approximate surface area is 518 Å². The Morgan fingerprint density at radius 3 is 0.568 bits per heavy atom. The minimum absolute atomic E-state index is 0. The Hall–Kier alpha value is -0.246. The average Bonchev–Trinajstić information content (AvgIpc) is 3.44. The third kappa shape index (κ3) is 79.8. The first-order valence-electron chi connectivity index (χ1n) is 35.7. The molecule has 484 valence electrons. The summed E-state index contributed by atoms with van der Waals surface area (Å²) in [7, 11) is -7.27. The van der Waals surface area contributed by atoms with Crippen LogP contribution in [0.15, 0.2) is 48.6 Å². The van der Waals surface area contributed by atoms with Gasteiger partial charge in [-0.05, 0) is 128 Å². The normalized spacial score (nSPS) is 13.4. The Morgan fingerprint density at radius 1 is 0.235 bits per heavy atom. The maximum atomic E-state index is 12.1. The number of unbranched alkanes of at least 4 members (excludes halogenated alkanes) is 48. The molecule has 0 aromatic carbocycles. The molecule has 0 spiro atoms. The van der Waals surface area contributed by atoms with Crippen molar-refractivity contribution in [2.45, 2.75) is 387 Å². The van der Waals surface area contributed by atoms with Crippen molar-refractivity contribution in [2.24, 2.45) is 0 Å². The van der Waals surface area contributed by atoms with Crippen LogP contribution >= 0.6 is 15.2 Å². The Morgan fingerprint density at radius 2 is 0.383 bits per heavy atom. The first kappa shape index (κ1) is 85.0. The van der Waals surface area contributed by atoms with E-state index in [4.69, 9.17) is 9.05 Å². The van der Waals surface area contributed by atoms with Gasteiger partial charge in [-0.2, -0.15) is 0 Å². The second-order valence-corrected chi connectivity index (χ2v) is 27.9. The van der Waals surface area contributed by atoms with E-state index in [9.17, 15) is 18.9 Å². The molecule has 0 bridgehead atoms. The van der Waals surface area contributed by atoms with Crippen LogP contribution in [0.3, 0.4) is 0 Å². The van der Waals surface area contributed by atoms with Crippen molar-refractivity contribution in [1.29, 1.82) is 0 Å². The van der Waals surface area contributed by atoms with Crippen LogP contribution in [0.1, 0.15) is 387 Å². The Bertz CT molecular complexity index is 1280. The molecule has 0 saturated carbocycles. The van der Waals surface area contributed by atoms with Crippen LogP contribution in [-0.4, -0.2) is 25.5 Å². The second kappa shape index (κ2) is 74.0. The molecule has 0 amide bonds. The molecule has 0 aromatic heterocycles. The van der Waals surface area contributed by atoms with Gasteiger partial charge in [0, 0.05) is 12.3 Å². The number of allylic oxidation sites excluding steroid dienone is 8. The fourth-order valence-corrected chi connectivity index (χ4v) is 12.6. The van der Waals surface area contributed by atoms with Gasteiger partial charge in [0.25, 0.3) is 0 Å². The van der Waals surface area contributed by atoms with Crippen molar-refractivity contribution in [1.82, 2.24) is 0 Å². The minimum atomic E-state index is -3.64. The van der Waals surface area contributed by atoms with Crippen LogP contribution in [-0.2, 0) is 34.7 Å². The van der Waals surface area contributed by atoms with Crippen molar-refractivity contribution >= 4 is 15.2 Å². The van der Waals surface area contributed by atoms with Gasteiger partial charge in [0.05, 0.1) is 13.2 Å². The van der Waals surface area contributed by atoms with Gasteiger partial charge in [-0.15, -0.1) is 0 Å². The molecule has 0 aliphatic heterocycles. The summed E-state index contributed by atoms with van der Waals surface area (Å²) in [5.41, 5.74) is 0. The largest absolute Gasteiger partial charge is 2.00 e. The summed E-state index contributed by atoms with van der Waals surface area (Å²) in [5.74, 6) is 0. The van der Waals surface area contributed by atoms with Crippen molar-refractivity contribution in [3.05, 3.63) is 48.6 Å². The fraction of sp³-hybridized carbons (Fsp3) is 0.889. The monoisotopic (exact) mass is 1220 g/mol. The topological polar surface area (TPSA) is 98.7 Å². The summed E-state index contributed by atoms with van der Waals surface area (Å²) in [6.45, 7) is 9.82. The van der Waals surface area contributed by atoms with Crippen LogP contribution in [0.2, 0.25) is 0 Å². The molecule has 0 heterocycles. The van der Waals surface area contributed by atoms with E-state index in [-0.39, 0.29) is 28.8 Å². The maximum absolute atomic E-state index is 12.1. The van der Waals surface area contributed by atoms with Gasteiger partial charge in [0.2, 0.25) is 0 Å². The molecule has 0 fully saturated rings. The summed E-state index contributed by atoms with van der Waals surface area (Å²) in [4.78, 5) is 24.3. The minimum Gasteiger partial charge on any atom is -0.778 e. The summed E-state index contributed by atoms with van der Waals surface area (Å²) >= 11 is 0. The second-order valence-electron chi connectivity index (χ2n) is 24.1. The number of hydrogen-bond acceptors (Lipinski definition) is 6. The first-order valence-corrected chi connectivity index (χ1v) is 39.2. The smallest absolute Gasteiger partial charge is 0.778 e. The molecule has 6 nitrogen and oxygen atoms in total. The van der Waals surface area contributed by atoms with Gasteiger partial charge >= 0.3 is 16.5 Å². The standard InChI is InChI=1S/2C36H71O3P.Ni/c2*1-3-5-7-9-11-13-15-17-19-21-23-25-27-29-31-33-35-39-40(37,38)36-34-32-30-28-26-24-22-20-18-16-14-12-10-8-6-4-2;/h2*17-20H,3-16,21-36H2,1-2H3,(H,37,38);/q;;+2/p-2. The Balaban J connectivity index is -0.00000148. The van der Waals surface area contributed by atoms with E-state index >= 15 is 0 Å².